The summed E-state index contributed by atoms with van der Waals surface area (Å²) in [6.45, 7) is 0.783. The molecule has 1 aromatic rings. The Morgan fingerprint density at radius 2 is 2.14 bits per heavy atom. The van der Waals surface area contributed by atoms with E-state index in [2.05, 4.69) is 5.10 Å². The second-order valence-electron chi connectivity index (χ2n) is 6.50. The minimum atomic E-state index is 0.0592. The summed E-state index contributed by atoms with van der Waals surface area (Å²) in [5, 5.41) is 4.15. The van der Waals surface area contributed by atoms with E-state index in [0.717, 1.165) is 18.7 Å². The van der Waals surface area contributed by atoms with Crippen molar-refractivity contribution in [3.63, 3.8) is 0 Å². The van der Waals surface area contributed by atoms with E-state index in [1.165, 1.54) is 12.8 Å². The van der Waals surface area contributed by atoms with E-state index in [1.807, 2.05) is 23.0 Å². The van der Waals surface area contributed by atoms with E-state index in [4.69, 9.17) is 0 Å². The van der Waals surface area contributed by atoms with Gasteiger partial charge in [-0.05, 0) is 25.2 Å². The fourth-order valence-corrected chi connectivity index (χ4v) is 3.71. The first-order chi connectivity index (χ1) is 10.1. The van der Waals surface area contributed by atoms with E-state index in [-0.39, 0.29) is 23.9 Å². The summed E-state index contributed by atoms with van der Waals surface area (Å²) < 4.78 is 1.71. The van der Waals surface area contributed by atoms with Gasteiger partial charge in [0.05, 0.1) is 24.0 Å². The van der Waals surface area contributed by atoms with Crippen molar-refractivity contribution in [3.8, 4) is 0 Å². The summed E-state index contributed by atoms with van der Waals surface area (Å²) in [4.78, 5) is 28.5. The van der Waals surface area contributed by atoms with Crippen molar-refractivity contribution < 1.29 is 9.59 Å². The monoisotopic (exact) mass is 288 g/mol. The number of hydrogen-bond donors (Lipinski definition) is 0. The van der Waals surface area contributed by atoms with Crippen molar-refractivity contribution >= 4 is 17.5 Å². The van der Waals surface area contributed by atoms with Gasteiger partial charge < -0.3 is 9.80 Å². The number of rotatable bonds is 3. The maximum absolute atomic E-state index is 12.4. The van der Waals surface area contributed by atoms with Crippen LogP contribution in [-0.4, -0.2) is 45.1 Å². The summed E-state index contributed by atoms with van der Waals surface area (Å²) in [5.41, 5.74) is 0.853. The zero-order valence-electron chi connectivity index (χ0n) is 12.2. The minimum Gasteiger partial charge on any atom is -0.337 e. The highest BCUT2D eigenvalue weighted by atomic mass is 16.2. The van der Waals surface area contributed by atoms with E-state index < -0.39 is 0 Å². The molecule has 3 fully saturated rings. The zero-order valence-corrected chi connectivity index (χ0v) is 12.2. The van der Waals surface area contributed by atoms with Crippen LogP contribution in [0.25, 0.3) is 0 Å². The number of nitrogens with zero attached hydrogens (tertiary/aromatic N) is 4. The highest BCUT2D eigenvalue weighted by Gasteiger charge is 2.49. The van der Waals surface area contributed by atoms with Crippen LogP contribution in [0.5, 0.6) is 0 Å². The third kappa shape index (κ3) is 2.13. The number of carbonyl (C=O) groups excluding carboxylic acids is 2. The van der Waals surface area contributed by atoms with Crippen LogP contribution in [0.2, 0.25) is 0 Å². The molecule has 3 aliphatic rings. The molecule has 1 aliphatic carbocycles. The van der Waals surface area contributed by atoms with Crippen LogP contribution in [0.15, 0.2) is 12.4 Å². The van der Waals surface area contributed by atoms with Gasteiger partial charge in [-0.25, -0.2) is 0 Å². The van der Waals surface area contributed by atoms with Crippen LogP contribution < -0.4 is 4.90 Å². The molecular weight excluding hydrogens is 268 g/mol. The fraction of sp³-hybridized carbons (Fsp3) is 0.667. The average molecular weight is 288 g/mol. The topological polar surface area (TPSA) is 58.4 Å². The summed E-state index contributed by atoms with van der Waals surface area (Å²) in [6, 6.07) is 0.189. The molecule has 2 atom stereocenters. The number of amides is 2. The first-order valence-electron chi connectivity index (χ1n) is 7.73. The van der Waals surface area contributed by atoms with Crippen LogP contribution in [-0.2, 0) is 16.6 Å². The van der Waals surface area contributed by atoms with Gasteiger partial charge in [-0.2, -0.15) is 5.10 Å². The number of hydrogen-bond acceptors (Lipinski definition) is 3. The molecule has 6 heteroatoms. The molecule has 2 aliphatic heterocycles. The average Bonchev–Trinajstić information content (AvgIpc) is 2.85. The highest BCUT2D eigenvalue weighted by molar-refractivity contribution is 5.98. The number of anilines is 1. The van der Waals surface area contributed by atoms with Gasteiger partial charge in [0.15, 0.2) is 0 Å². The largest absolute Gasteiger partial charge is 0.337 e. The third-order valence-electron chi connectivity index (χ3n) is 4.94. The number of fused-ring (bicyclic) bond motifs is 1. The molecule has 2 amide bonds. The van der Waals surface area contributed by atoms with Crippen LogP contribution in [0.1, 0.15) is 32.1 Å². The molecule has 1 aromatic heterocycles. The van der Waals surface area contributed by atoms with Gasteiger partial charge >= 0.3 is 0 Å². The molecule has 0 aromatic carbocycles. The summed E-state index contributed by atoms with van der Waals surface area (Å²) in [7, 11) is 1.85. The number of aromatic nitrogens is 2. The smallest absolute Gasteiger partial charge is 0.229 e. The van der Waals surface area contributed by atoms with Crippen molar-refractivity contribution in [2.45, 2.75) is 44.2 Å². The van der Waals surface area contributed by atoms with Gasteiger partial charge in [-0.3, -0.25) is 14.3 Å². The first kappa shape index (κ1) is 12.9. The molecule has 2 saturated heterocycles. The Morgan fingerprint density at radius 3 is 2.81 bits per heavy atom. The molecule has 6 nitrogen and oxygen atoms in total. The molecular formula is C15H20N4O2. The van der Waals surface area contributed by atoms with Crippen LogP contribution in [0, 0.1) is 5.92 Å². The highest BCUT2D eigenvalue weighted by Crippen LogP contribution is 2.38. The second-order valence-corrected chi connectivity index (χ2v) is 6.50. The molecule has 0 radical (unpaired) electrons. The number of carbonyl (C=O) groups is 2. The Hall–Kier alpha value is -1.85. The molecule has 21 heavy (non-hydrogen) atoms. The Balaban J connectivity index is 1.53. The van der Waals surface area contributed by atoms with Crippen molar-refractivity contribution in [1.29, 1.82) is 0 Å². The SMILES string of the molecule is Cn1cc(N2C(=O)C[C@H]3[C@H]2CCN3C(=O)CC2CC2)cn1. The van der Waals surface area contributed by atoms with Crippen LogP contribution in [0.4, 0.5) is 5.69 Å². The molecule has 0 bridgehead atoms. The lowest BCUT2D eigenvalue weighted by Crippen LogP contribution is -2.40. The van der Waals surface area contributed by atoms with Crippen LogP contribution in [0.3, 0.4) is 0 Å². The molecule has 0 unspecified atom stereocenters. The predicted molar refractivity (Wildman–Crippen MR) is 76.6 cm³/mol. The van der Waals surface area contributed by atoms with Crippen molar-refractivity contribution in [2.24, 2.45) is 13.0 Å². The molecule has 0 spiro atoms. The van der Waals surface area contributed by atoms with E-state index in [9.17, 15) is 9.59 Å². The van der Waals surface area contributed by atoms with Gasteiger partial charge in [0.25, 0.3) is 0 Å². The Kier molecular flexibility index (Phi) is 2.80. The molecule has 0 N–H and O–H groups in total. The normalized spacial score (nSPS) is 28.3. The first-order valence-corrected chi connectivity index (χ1v) is 7.73. The molecule has 112 valence electrons. The maximum Gasteiger partial charge on any atom is 0.229 e. The van der Waals surface area contributed by atoms with Crippen molar-refractivity contribution in [3.05, 3.63) is 12.4 Å². The quantitative estimate of drug-likeness (QED) is 0.831. The lowest BCUT2D eigenvalue weighted by atomic mass is 10.1. The van der Waals surface area contributed by atoms with Crippen molar-refractivity contribution in [1.82, 2.24) is 14.7 Å². The lowest BCUT2D eigenvalue weighted by Gasteiger charge is -2.24. The molecule has 4 rings (SSSR count). The Morgan fingerprint density at radius 1 is 1.33 bits per heavy atom. The molecule has 1 saturated carbocycles. The summed E-state index contributed by atoms with van der Waals surface area (Å²) in [6.07, 6.45) is 7.98. The third-order valence-corrected chi connectivity index (χ3v) is 4.94. The molecule has 3 heterocycles. The zero-order chi connectivity index (χ0) is 14.6. The number of aryl methyl sites for hydroxylation is 1. The maximum atomic E-state index is 12.4. The van der Waals surface area contributed by atoms with Gasteiger partial charge in [0.1, 0.15) is 0 Å². The summed E-state index contributed by atoms with van der Waals surface area (Å²) >= 11 is 0. The van der Waals surface area contributed by atoms with Gasteiger partial charge in [0, 0.05) is 32.6 Å². The van der Waals surface area contributed by atoms with Crippen molar-refractivity contribution in [2.75, 3.05) is 11.4 Å². The minimum absolute atomic E-state index is 0.0592. The standard InChI is InChI=1S/C15H20N4O2/c1-17-9-11(8-16-17)19-12-4-5-18(13(12)7-15(19)21)14(20)6-10-2-3-10/h8-10,12-13H,2-7H2,1H3/t12-,13+/m1/s1. The second kappa shape index (κ2) is 4.58. The van der Waals surface area contributed by atoms with Gasteiger partial charge in [0.2, 0.25) is 11.8 Å². The Bertz CT molecular complexity index is 592. The predicted octanol–water partition coefficient (Wildman–Crippen LogP) is 0.926. The van der Waals surface area contributed by atoms with E-state index >= 15 is 0 Å². The van der Waals surface area contributed by atoms with E-state index in [1.54, 1.807) is 10.9 Å². The number of likely N-dealkylation sites (tertiary alicyclic amines) is 1. The lowest BCUT2D eigenvalue weighted by molar-refractivity contribution is -0.132. The Labute approximate surface area is 123 Å². The van der Waals surface area contributed by atoms with Gasteiger partial charge in [-0.1, -0.05) is 0 Å². The van der Waals surface area contributed by atoms with E-state index in [0.29, 0.717) is 18.8 Å². The van der Waals surface area contributed by atoms with Gasteiger partial charge in [-0.15, -0.1) is 0 Å². The van der Waals surface area contributed by atoms with Crippen LogP contribution >= 0.6 is 0 Å². The fourth-order valence-electron chi connectivity index (χ4n) is 3.71. The summed E-state index contributed by atoms with van der Waals surface area (Å²) in [5.74, 6) is 0.954.